The Balaban J connectivity index is 1.46. The van der Waals surface area contributed by atoms with Gasteiger partial charge in [0, 0.05) is 31.2 Å². The summed E-state index contributed by atoms with van der Waals surface area (Å²) in [6.45, 7) is 2.48. The van der Waals surface area contributed by atoms with Crippen LogP contribution in [0.3, 0.4) is 0 Å². The highest BCUT2D eigenvalue weighted by Crippen LogP contribution is 2.13. The minimum atomic E-state index is 0.785. The second-order valence-electron chi connectivity index (χ2n) is 4.81. The Hall–Kier alpha value is -2.46. The maximum Gasteiger partial charge on any atom is 0.126 e. The third kappa shape index (κ3) is 3.77. The molecule has 0 fully saturated rings. The van der Waals surface area contributed by atoms with Crippen molar-refractivity contribution in [2.75, 3.05) is 18.4 Å². The fraction of sp³-hybridized carbons (Fsp3) is 0.176. The standard InChI is InChI=1S/C17H18N4/c1-2-7-16-14(5-1)8-9-17(21-16)20-12-11-18-13-15-6-3-4-10-19-15/h1-10,18H,11-13H2,(H,20,21). The Morgan fingerprint density at radius 1 is 0.857 bits per heavy atom. The first kappa shape index (κ1) is 13.5. The molecule has 4 nitrogen and oxygen atoms in total. The van der Waals surface area contributed by atoms with Crippen LogP contribution >= 0.6 is 0 Å². The zero-order valence-corrected chi connectivity index (χ0v) is 11.8. The lowest BCUT2D eigenvalue weighted by atomic mass is 10.2. The first-order chi connectivity index (χ1) is 10.4. The van der Waals surface area contributed by atoms with Crippen molar-refractivity contribution in [1.82, 2.24) is 15.3 Å². The molecule has 2 aromatic heterocycles. The highest BCUT2D eigenvalue weighted by Gasteiger charge is 1.97. The summed E-state index contributed by atoms with van der Waals surface area (Å²) in [5.74, 6) is 0.910. The van der Waals surface area contributed by atoms with Gasteiger partial charge in [0.2, 0.25) is 0 Å². The number of anilines is 1. The van der Waals surface area contributed by atoms with Gasteiger partial charge in [-0.15, -0.1) is 0 Å². The van der Waals surface area contributed by atoms with Crippen molar-refractivity contribution in [2.45, 2.75) is 6.54 Å². The average Bonchev–Trinajstić information content (AvgIpc) is 2.55. The number of aromatic nitrogens is 2. The van der Waals surface area contributed by atoms with Crippen LogP contribution in [-0.4, -0.2) is 23.1 Å². The van der Waals surface area contributed by atoms with Gasteiger partial charge in [0.15, 0.2) is 0 Å². The summed E-state index contributed by atoms with van der Waals surface area (Å²) >= 11 is 0. The summed E-state index contributed by atoms with van der Waals surface area (Å²) in [6, 6.07) is 18.2. The van der Waals surface area contributed by atoms with Crippen LogP contribution in [-0.2, 0) is 6.54 Å². The van der Waals surface area contributed by atoms with Crippen LogP contribution in [0.4, 0.5) is 5.82 Å². The zero-order valence-electron chi connectivity index (χ0n) is 11.8. The normalized spacial score (nSPS) is 10.7. The number of nitrogens with zero attached hydrogens (tertiary/aromatic N) is 2. The molecule has 2 heterocycles. The molecular weight excluding hydrogens is 260 g/mol. The third-order valence-electron chi connectivity index (χ3n) is 3.24. The van der Waals surface area contributed by atoms with Crippen LogP contribution in [0.15, 0.2) is 60.8 Å². The molecular formula is C17H18N4. The number of rotatable bonds is 6. The first-order valence-corrected chi connectivity index (χ1v) is 7.12. The van der Waals surface area contributed by atoms with Crippen molar-refractivity contribution in [2.24, 2.45) is 0 Å². The predicted molar refractivity (Wildman–Crippen MR) is 86.2 cm³/mol. The van der Waals surface area contributed by atoms with E-state index in [0.717, 1.165) is 42.0 Å². The fourth-order valence-electron chi connectivity index (χ4n) is 2.16. The van der Waals surface area contributed by atoms with Crippen molar-refractivity contribution in [3.05, 3.63) is 66.5 Å². The van der Waals surface area contributed by atoms with Crippen molar-refractivity contribution in [3.8, 4) is 0 Å². The van der Waals surface area contributed by atoms with E-state index < -0.39 is 0 Å². The SMILES string of the molecule is c1ccc(CNCCNc2ccc3ccccc3n2)nc1. The predicted octanol–water partition coefficient (Wildman–Crippen LogP) is 2.83. The fourth-order valence-corrected chi connectivity index (χ4v) is 2.16. The third-order valence-corrected chi connectivity index (χ3v) is 3.24. The van der Waals surface area contributed by atoms with E-state index in [9.17, 15) is 0 Å². The van der Waals surface area contributed by atoms with Crippen molar-refractivity contribution >= 4 is 16.7 Å². The van der Waals surface area contributed by atoms with Crippen LogP contribution in [0, 0.1) is 0 Å². The molecule has 0 aliphatic carbocycles. The molecule has 0 saturated heterocycles. The van der Waals surface area contributed by atoms with E-state index in [2.05, 4.69) is 32.7 Å². The Morgan fingerprint density at radius 3 is 2.67 bits per heavy atom. The lowest BCUT2D eigenvalue weighted by Crippen LogP contribution is -2.22. The highest BCUT2D eigenvalue weighted by molar-refractivity contribution is 5.79. The van der Waals surface area contributed by atoms with Crippen LogP contribution in [0.5, 0.6) is 0 Å². The van der Waals surface area contributed by atoms with Gasteiger partial charge < -0.3 is 10.6 Å². The minimum absolute atomic E-state index is 0.785. The molecule has 0 bridgehead atoms. The number of benzene rings is 1. The second-order valence-corrected chi connectivity index (χ2v) is 4.81. The molecule has 1 aromatic carbocycles. The van der Waals surface area contributed by atoms with Crippen LogP contribution in [0.25, 0.3) is 10.9 Å². The van der Waals surface area contributed by atoms with Gasteiger partial charge in [-0.2, -0.15) is 0 Å². The number of hydrogen-bond donors (Lipinski definition) is 2. The largest absolute Gasteiger partial charge is 0.369 e. The Labute approximate surface area is 124 Å². The Bertz CT molecular complexity index is 697. The topological polar surface area (TPSA) is 49.8 Å². The van der Waals surface area contributed by atoms with Crippen molar-refractivity contribution < 1.29 is 0 Å². The minimum Gasteiger partial charge on any atom is -0.369 e. The van der Waals surface area contributed by atoms with Crippen LogP contribution < -0.4 is 10.6 Å². The quantitative estimate of drug-likeness (QED) is 0.681. The molecule has 21 heavy (non-hydrogen) atoms. The maximum atomic E-state index is 4.58. The van der Waals surface area contributed by atoms with Gasteiger partial charge in [-0.1, -0.05) is 24.3 Å². The Kier molecular flexibility index (Phi) is 4.39. The molecule has 0 aliphatic rings. The number of nitrogens with one attached hydrogen (secondary N) is 2. The molecule has 3 rings (SSSR count). The van der Waals surface area contributed by atoms with Gasteiger partial charge in [-0.25, -0.2) is 4.98 Å². The van der Waals surface area contributed by atoms with Gasteiger partial charge in [0.25, 0.3) is 0 Å². The van der Waals surface area contributed by atoms with Gasteiger partial charge in [0.05, 0.1) is 11.2 Å². The van der Waals surface area contributed by atoms with E-state index in [1.165, 1.54) is 0 Å². The monoisotopic (exact) mass is 278 g/mol. The second kappa shape index (κ2) is 6.81. The van der Waals surface area contributed by atoms with Crippen LogP contribution in [0.2, 0.25) is 0 Å². The van der Waals surface area contributed by atoms with Crippen molar-refractivity contribution in [1.29, 1.82) is 0 Å². The summed E-state index contributed by atoms with van der Waals surface area (Å²) in [5, 5.41) is 7.85. The molecule has 0 radical (unpaired) electrons. The number of pyridine rings is 2. The molecule has 106 valence electrons. The Morgan fingerprint density at radius 2 is 1.76 bits per heavy atom. The average molecular weight is 278 g/mol. The van der Waals surface area contributed by atoms with Gasteiger partial charge in [0.1, 0.15) is 5.82 Å². The van der Waals surface area contributed by atoms with E-state index in [-0.39, 0.29) is 0 Å². The van der Waals surface area contributed by atoms with Gasteiger partial charge in [-0.05, 0) is 30.3 Å². The van der Waals surface area contributed by atoms with Gasteiger partial charge >= 0.3 is 0 Å². The van der Waals surface area contributed by atoms with E-state index in [0.29, 0.717) is 0 Å². The molecule has 0 saturated carbocycles. The van der Waals surface area contributed by atoms with E-state index >= 15 is 0 Å². The van der Waals surface area contributed by atoms with E-state index in [4.69, 9.17) is 0 Å². The molecule has 0 aliphatic heterocycles. The summed E-state index contributed by atoms with van der Waals surface area (Å²) in [5.41, 5.74) is 2.07. The number of para-hydroxylation sites is 1. The van der Waals surface area contributed by atoms with Crippen molar-refractivity contribution in [3.63, 3.8) is 0 Å². The molecule has 0 unspecified atom stereocenters. The van der Waals surface area contributed by atoms with Gasteiger partial charge in [-0.3, -0.25) is 4.98 Å². The molecule has 0 amide bonds. The summed E-state index contributed by atoms with van der Waals surface area (Å²) < 4.78 is 0. The number of hydrogen-bond acceptors (Lipinski definition) is 4. The highest BCUT2D eigenvalue weighted by atomic mass is 15.0. The first-order valence-electron chi connectivity index (χ1n) is 7.12. The molecule has 0 atom stereocenters. The van der Waals surface area contributed by atoms with E-state index in [1.807, 2.05) is 48.7 Å². The number of fused-ring (bicyclic) bond motifs is 1. The molecule has 2 N–H and O–H groups in total. The lowest BCUT2D eigenvalue weighted by molar-refractivity contribution is 0.692. The summed E-state index contributed by atoms with van der Waals surface area (Å²) in [6.07, 6.45) is 1.81. The maximum absolute atomic E-state index is 4.58. The molecule has 3 aromatic rings. The lowest BCUT2D eigenvalue weighted by Gasteiger charge is -2.08. The van der Waals surface area contributed by atoms with E-state index in [1.54, 1.807) is 0 Å². The molecule has 0 spiro atoms. The van der Waals surface area contributed by atoms with Crippen LogP contribution in [0.1, 0.15) is 5.69 Å². The zero-order chi connectivity index (χ0) is 14.3. The molecule has 4 heteroatoms. The summed E-state index contributed by atoms with van der Waals surface area (Å²) in [4.78, 5) is 8.85. The summed E-state index contributed by atoms with van der Waals surface area (Å²) in [7, 11) is 0. The smallest absolute Gasteiger partial charge is 0.126 e.